The van der Waals surface area contributed by atoms with E-state index in [0.717, 1.165) is 5.56 Å². The van der Waals surface area contributed by atoms with Gasteiger partial charge in [-0.15, -0.1) is 5.10 Å². The fourth-order valence-corrected chi connectivity index (χ4v) is 2.52. The third-order valence-electron chi connectivity index (χ3n) is 3.89. The Morgan fingerprint density at radius 3 is 2.63 bits per heavy atom. The standard InChI is InChI=1S/C17H15N7O3/c1-25-11-3-4-13(26-2)12(9-11)24-15(18)14(21-23-24)17-20-16(22-27-17)10-5-7-19-8-6-10/h3-9H,18H2,1-2H3. The molecule has 0 saturated heterocycles. The smallest absolute Gasteiger partial charge is 0.282 e. The van der Waals surface area contributed by atoms with Gasteiger partial charge in [-0.3, -0.25) is 4.98 Å². The molecule has 10 nitrogen and oxygen atoms in total. The van der Waals surface area contributed by atoms with Gasteiger partial charge in [-0.1, -0.05) is 10.4 Å². The first-order valence-corrected chi connectivity index (χ1v) is 7.89. The van der Waals surface area contributed by atoms with Crippen LogP contribution in [-0.4, -0.2) is 44.3 Å². The molecule has 0 saturated carbocycles. The van der Waals surface area contributed by atoms with Gasteiger partial charge >= 0.3 is 0 Å². The summed E-state index contributed by atoms with van der Waals surface area (Å²) in [5, 5.41) is 12.1. The molecule has 0 atom stereocenters. The zero-order valence-electron chi connectivity index (χ0n) is 14.5. The van der Waals surface area contributed by atoms with Gasteiger partial charge in [-0.25, -0.2) is 0 Å². The quantitative estimate of drug-likeness (QED) is 0.564. The Bertz CT molecular complexity index is 1080. The molecule has 0 unspecified atom stereocenters. The number of nitrogens with two attached hydrogens (primary N) is 1. The van der Waals surface area contributed by atoms with Crippen molar-refractivity contribution in [3.63, 3.8) is 0 Å². The van der Waals surface area contributed by atoms with Crippen molar-refractivity contribution in [2.45, 2.75) is 0 Å². The predicted octanol–water partition coefficient (Wildman–Crippen LogP) is 1.98. The molecule has 0 amide bonds. The molecule has 1 aromatic carbocycles. The monoisotopic (exact) mass is 365 g/mol. The maximum absolute atomic E-state index is 6.23. The maximum Gasteiger partial charge on any atom is 0.282 e. The molecule has 0 radical (unpaired) electrons. The summed E-state index contributed by atoms with van der Waals surface area (Å²) in [6, 6.07) is 8.81. The van der Waals surface area contributed by atoms with Gasteiger partial charge in [0.1, 0.15) is 17.2 Å². The van der Waals surface area contributed by atoms with Crippen molar-refractivity contribution in [1.29, 1.82) is 0 Å². The Morgan fingerprint density at radius 2 is 1.89 bits per heavy atom. The van der Waals surface area contributed by atoms with Crippen LogP contribution in [0.2, 0.25) is 0 Å². The number of nitrogen functional groups attached to an aromatic ring is 1. The number of ether oxygens (including phenoxy) is 2. The van der Waals surface area contributed by atoms with Crippen molar-refractivity contribution in [3.05, 3.63) is 42.7 Å². The van der Waals surface area contributed by atoms with Gasteiger partial charge in [0, 0.05) is 24.0 Å². The Balaban J connectivity index is 1.75. The second-order valence-corrected chi connectivity index (χ2v) is 5.43. The number of hydrogen-bond acceptors (Lipinski definition) is 9. The molecule has 0 aliphatic rings. The first kappa shape index (κ1) is 16.5. The Morgan fingerprint density at radius 1 is 1.07 bits per heavy atom. The van der Waals surface area contributed by atoms with Gasteiger partial charge in [0.2, 0.25) is 5.82 Å². The van der Waals surface area contributed by atoms with E-state index in [9.17, 15) is 0 Å². The summed E-state index contributed by atoms with van der Waals surface area (Å²) < 4.78 is 17.4. The second-order valence-electron chi connectivity index (χ2n) is 5.43. The van der Waals surface area contributed by atoms with Crippen molar-refractivity contribution in [2.24, 2.45) is 0 Å². The first-order valence-electron chi connectivity index (χ1n) is 7.89. The Hall–Kier alpha value is -3.95. The largest absolute Gasteiger partial charge is 0.497 e. The van der Waals surface area contributed by atoms with E-state index in [4.69, 9.17) is 19.7 Å². The number of pyridine rings is 1. The van der Waals surface area contributed by atoms with E-state index in [2.05, 4.69) is 25.4 Å². The second kappa shape index (κ2) is 6.75. The topological polar surface area (TPSA) is 127 Å². The van der Waals surface area contributed by atoms with Crippen LogP contribution in [0.4, 0.5) is 5.82 Å². The van der Waals surface area contributed by atoms with E-state index >= 15 is 0 Å². The van der Waals surface area contributed by atoms with Gasteiger partial charge in [-0.05, 0) is 24.3 Å². The summed E-state index contributed by atoms with van der Waals surface area (Å²) in [7, 11) is 3.12. The molecule has 2 N–H and O–H groups in total. The minimum Gasteiger partial charge on any atom is -0.497 e. The van der Waals surface area contributed by atoms with Crippen molar-refractivity contribution in [3.8, 4) is 40.2 Å². The summed E-state index contributed by atoms with van der Waals surface area (Å²) in [6.07, 6.45) is 3.29. The molecule has 0 fully saturated rings. The van der Waals surface area contributed by atoms with Crippen LogP contribution in [-0.2, 0) is 0 Å². The van der Waals surface area contributed by atoms with Gasteiger partial charge in [0.15, 0.2) is 11.5 Å². The Labute approximate surface area is 153 Å². The zero-order chi connectivity index (χ0) is 18.8. The van der Waals surface area contributed by atoms with Crippen LogP contribution in [0.3, 0.4) is 0 Å². The Kier molecular flexibility index (Phi) is 4.13. The van der Waals surface area contributed by atoms with Crippen molar-refractivity contribution < 1.29 is 14.0 Å². The van der Waals surface area contributed by atoms with Crippen molar-refractivity contribution in [2.75, 3.05) is 20.0 Å². The van der Waals surface area contributed by atoms with Gasteiger partial charge in [0.05, 0.1) is 14.2 Å². The molecule has 3 heterocycles. The predicted molar refractivity (Wildman–Crippen MR) is 95.4 cm³/mol. The lowest BCUT2D eigenvalue weighted by Crippen LogP contribution is -2.05. The molecule has 136 valence electrons. The summed E-state index contributed by atoms with van der Waals surface area (Å²) >= 11 is 0. The highest BCUT2D eigenvalue weighted by atomic mass is 16.5. The summed E-state index contributed by atoms with van der Waals surface area (Å²) in [5.41, 5.74) is 7.84. The zero-order valence-corrected chi connectivity index (χ0v) is 14.5. The number of anilines is 1. The van der Waals surface area contributed by atoms with E-state index in [1.54, 1.807) is 56.9 Å². The minimum absolute atomic E-state index is 0.160. The third kappa shape index (κ3) is 2.92. The fraction of sp³-hybridized carbons (Fsp3) is 0.118. The maximum atomic E-state index is 6.23. The molecule has 0 aliphatic carbocycles. The van der Waals surface area contributed by atoms with E-state index in [0.29, 0.717) is 23.0 Å². The highest BCUT2D eigenvalue weighted by molar-refractivity contribution is 5.67. The van der Waals surface area contributed by atoms with Crippen LogP contribution in [0.15, 0.2) is 47.2 Å². The average Bonchev–Trinajstić information content (AvgIpc) is 3.35. The molecule has 0 spiro atoms. The average molecular weight is 365 g/mol. The first-order chi connectivity index (χ1) is 13.2. The van der Waals surface area contributed by atoms with Crippen molar-refractivity contribution in [1.82, 2.24) is 30.1 Å². The third-order valence-corrected chi connectivity index (χ3v) is 3.89. The summed E-state index contributed by atoms with van der Waals surface area (Å²) in [4.78, 5) is 8.30. The van der Waals surface area contributed by atoms with Crippen LogP contribution in [0, 0.1) is 0 Å². The molecule has 0 aliphatic heterocycles. The number of aromatic nitrogens is 6. The van der Waals surface area contributed by atoms with E-state index in [1.807, 2.05) is 0 Å². The molecular weight excluding hydrogens is 350 g/mol. The molecule has 0 bridgehead atoms. The highest BCUT2D eigenvalue weighted by Crippen LogP contribution is 2.32. The number of hydrogen-bond donors (Lipinski definition) is 1. The molecule has 3 aromatic heterocycles. The van der Waals surface area contributed by atoms with Crippen LogP contribution in [0.5, 0.6) is 11.5 Å². The highest BCUT2D eigenvalue weighted by Gasteiger charge is 2.21. The van der Waals surface area contributed by atoms with E-state index in [-0.39, 0.29) is 17.4 Å². The number of benzene rings is 1. The normalized spacial score (nSPS) is 10.7. The van der Waals surface area contributed by atoms with Crippen LogP contribution in [0.25, 0.3) is 28.7 Å². The number of rotatable bonds is 5. The van der Waals surface area contributed by atoms with Crippen molar-refractivity contribution >= 4 is 5.82 Å². The molecular formula is C17H15N7O3. The summed E-state index contributed by atoms with van der Waals surface area (Å²) in [6.45, 7) is 0. The van der Waals surface area contributed by atoms with Gasteiger partial charge in [-0.2, -0.15) is 9.67 Å². The lowest BCUT2D eigenvalue weighted by Gasteiger charge is -2.10. The molecule has 4 rings (SSSR count). The van der Waals surface area contributed by atoms with Gasteiger partial charge in [0.25, 0.3) is 5.89 Å². The molecule has 10 heteroatoms. The molecule has 27 heavy (non-hydrogen) atoms. The van der Waals surface area contributed by atoms with Crippen LogP contribution < -0.4 is 15.2 Å². The minimum atomic E-state index is 0.160. The summed E-state index contributed by atoms with van der Waals surface area (Å²) in [5.74, 6) is 1.97. The SMILES string of the molecule is COc1ccc(OC)c(-n2nnc(-c3nc(-c4ccncc4)no3)c2N)c1. The number of nitrogens with zero attached hydrogens (tertiary/aromatic N) is 6. The van der Waals surface area contributed by atoms with Crippen LogP contribution in [0.1, 0.15) is 0 Å². The van der Waals surface area contributed by atoms with Gasteiger partial charge < -0.3 is 19.7 Å². The van der Waals surface area contributed by atoms with E-state index in [1.165, 1.54) is 4.68 Å². The van der Waals surface area contributed by atoms with E-state index < -0.39 is 0 Å². The fourth-order valence-electron chi connectivity index (χ4n) is 2.52. The van der Waals surface area contributed by atoms with Crippen LogP contribution >= 0.6 is 0 Å². The lowest BCUT2D eigenvalue weighted by atomic mass is 10.2. The molecule has 4 aromatic rings. The number of methoxy groups -OCH3 is 2. The lowest BCUT2D eigenvalue weighted by molar-refractivity contribution is 0.400.